The van der Waals surface area contributed by atoms with Crippen LogP contribution in [-0.4, -0.2) is 57.8 Å². The highest BCUT2D eigenvalue weighted by Crippen LogP contribution is 2.31. The maximum absolute atomic E-state index is 12.0. The van der Waals surface area contributed by atoms with E-state index in [9.17, 15) is 4.79 Å². The Hall–Kier alpha value is -1.46. The molecule has 1 aromatic rings. The van der Waals surface area contributed by atoms with E-state index in [0.29, 0.717) is 17.3 Å². The van der Waals surface area contributed by atoms with Crippen molar-refractivity contribution in [3.63, 3.8) is 0 Å². The van der Waals surface area contributed by atoms with E-state index in [1.54, 1.807) is 13.2 Å². The Morgan fingerprint density at radius 1 is 1.35 bits per heavy atom. The van der Waals surface area contributed by atoms with Gasteiger partial charge in [-0.1, -0.05) is 11.6 Å². The number of likely N-dealkylation sites (N-methyl/N-ethyl adjacent to an activating group) is 1. The molecule has 2 rings (SSSR count). The van der Waals surface area contributed by atoms with E-state index in [4.69, 9.17) is 21.1 Å². The molecule has 0 aliphatic carbocycles. The lowest BCUT2D eigenvalue weighted by Gasteiger charge is -2.39. The molecule has 6 heteroatoms. The van der Waals surface area contributed by atoms with Gasteiger partial charge in [0.15, 0.2) is 0 Å². The molecule has 110 valence electrons. The number of methoxy groups -OCH3 is 2. The van der Waals surface area contributed by atoms with Crippen molar-refractivity contribution in [3.8, 4) is 5.75 Å². The fraction of sp³-hybridized carbons (Fsp3) is 0.500. The summed E-state index contributed by atoms with van der Waals surface area (Å²) in [7, 11) is 4.99. The monoisotopic (exact) mass is 298 g/mol. The molecule has 20 heavy (non-hydrogen) atoms. The van der Waals surface area contributed by atoms with Crippen molar-refractivity contribution in [2.45, 2.75) is 6.04 Å². The van der Waals surface area contributed by atoms with Crippen LogP contribution in [0.25, 0.3) is 0 Å². The summed E-state index contributed by atoms with van der Waals surface area (Å²) in [5.41, 5.74) is 0.912. The zero-order chi connectivity index (χ0) is 14.7. The zero-order valence-corrected chi connectivity index (χ0v) is 12.7. The van der Waals surface area contributed by atoms with Gasteiger partial charge in [0.05, 0.1) is 19.2 Å². The van der Waals surface area contributed by atoms with Crippen LogP contribution in [0.4, 0.5) is 5.69 Å². The van der Waals surface area contributed by atoms with E-state index >= 15 is 0 Å². The number of hydrogen-bond acceptors (Lipinski definition) is 5. The molecule has 1 aromatic carbocycles. The number of carbonyl (C=O) groups is 1. The summed E-state index contributed by atoms with van der Waals surface area (Å²) in [5.74, 6) is 0.372. The Morgan fingerprint density at radius 3 is 2.75 bits per heavy atom. The van der Waals surface area contributed by atoms with Crippen LogP contribution < -0.4 is 9.64 Å². The highest BCUT2D eigenvalue weighted by atomic mass is 35.5. The highest BCUT2D eigenvalue weighted by Gasteiger charge is 2.32. The molecule has 1 heterocycles. The Kier molecular flexibility index (Phi) is 4.73. The highest BCUT2D eigenvalue weighted by molar-refractivity contribution is 6.32. The van der Waals surface area contributed by atoms with Crippen LogP contribution in [0.2, 0.25) is 5.02 Å². The first-order valence-electron chi connectivity index (χ1n) is 6.43. The van der Waals surface area contributed by atoms with Gasteiger partial charge in [0.1, 0.15) is 11.8 Å². The van der Waals surface area contributed by atoms with Crippen molar-refractivity contribution in [3.05, 3.63) is 23.2 Å². The fourth-order valence-corrected chi connectivity index (χ4v) is 2.59. The Labute approximate surface area is 124 Å². The fourth-order valence-electron chi connectivity index (χ4n) is 2.39. The average Bonchev–Trinajstić information content (AvgIpc) is 2.47. The number of carbonyl (C=O) groups excluding carboxylic acids is 1. The third-order valence-corrected chi connectivity index (χ3v) is 3.84. The number of esters is 1. The topological polar surface area (TPSA) is 42.0 Å². The van der Waals surface area contributed by atoms with E-state index < -0.39 is 0 Å². The lowest BCUT2D eigenvalue weighted by atomic mass is 10.1. The molecule has 5 nitrogen and oxygen atoms in total. The van der Waals surface area contributed by atoms with Crippen LogP contribution in [0.3, 0.4) is 0 Å². The van der Waals surface area contributed by atoms with E-state index in [2.05, 4.69) is 4.90 Å². The lowest BCUT2D eigenvalue weighted by molar-refractivity contribution is -0.143. The third-order valence-electron chi connectivity index (χ3n) is 3.52. The van der Waals surface area contributed by atoms with Crippen molar-refractivity contribution in [1.29, 1.82) is 0 Å². The molecule has 1 aliphatic heterocycles. The molecule has 0 N–H and O–H groups in total. The summed E-state index contributed by atoms with van der Waals surface area (Å²) in [6, 6.07) is 5.21. The minimum Gasteiger partial charge on any atom is -0.495 e. The van der Waals surface area contributed by atoms with Crippen LogP contribution >= 0.6 is 11.6 Å². The normalized spacial score (nSPS) is 19.8. The number of piperazine rings is 1. The summed E-state index contributed by atoms with van der Waals surface area (Å²) >= 11 is 6.04. The Bertz CT molecular complexity index is 495. The molecular formula is C14H19ClN2O3. The van der Waals surface area contributed by atoms with E-state index in [1.165, 1.54) is 7.11 Å². The Morgan fingerprint density at radius 2 is 2.10 bits per heavy atom. The second kappa shape index (κ2) is 6.33. The van der Waals surface area contributed by atoms with Gasteiger partial charge in [-0.2, -0.15) is 0 Å². The zero-order valence-electron chi connectivity index (χ0n) is 11.9. The van der Waals surface area contributed by atoms with Crippen LogP contribution in [0.5, 0.6) is 5.75 Å². The maximum Gasteiger partial charge on any atom is 0.329 e. The molecule has 0 bridgehead atoms. The lowest BCUT2D eigenvalue weighted by Crippen LogP contribution is -2.55. The molecule has 0 saturated carbocycles. The average molecular weight is 299 g/mol. The Balaban J connectivity index is 2.30. The van der Waals surface area contributed by atoms with Crippen LogP contribution in [-0.2, 0) is 9.53 Å². The second-order valence-electron chi connectivity index (χ2n) is 4.81. The first-order chi connectivity index (χ1) is 9.56. The first-order valence-corrected chi connectivity index (χ1v) is 6.81. The number of ether oxygens (including phenoxy) is 2. The summed E-state index contributed by atoms with van der Waals surface area (Å²) in [4.78, 5) is 16.1. The quantitative estimate of drug-likeness (QED) is 0.794. The molecule has 0 aromatic heterocycles. The van der Waals surface area contributed by atoms with Gasteiger partial charge in [-0.15, -0.1) is 0 Å². The van der Waals surface area contributed by atoms with E-state index in [1.807, 2.05) is 24.1 Å². The van der Waals surface area contributed by atoms with Gasteiger partial charge in [-0.3, -0.25) is 0 Å². The molecule has 0 radical (unpaired) electrons. The van der Waals surface area contributed by atoms with Gasteiger partial charge in [-0.05, 0) is 19.2 Å². The molecule has 1 atom stereocenters. The van der Waals surface area contributed by atoms with Gasteiger partial charge in [0.2, 0.25) is 0 Å². The molecule has 1 fully saturated rings. The predicted molar refractivity (Wildman–Crippen MR) is 78.7 cm³/mol. The van der Waals surface area contributed by atoms with Crippen molar-refractivity contribution < 1.29 is 14.3 Å². The van der Waals surface area contributed by atoms with Crippen molar-refractivity contribution in [2.24, 2.45) is 0 Å². The van der Waals surface area contributed by atoms with Crippen LogP contribution in [0.1, 0.15) is 0 Å². The number of nitrogens with zero attached hydrogens (tertiary/aromatic N) is 2. The molecule has 1 unspecified atom stereocenters. The summed E-state index contributed by atoms with van der Waals surface area (Å²) in [6.45, 7) is 2.27. The van der Waals surface area contributed by atoms with Crippen molar-refractivity contribution in [1.82, 2.24) is 4.90 Å². The SMILES string of the molecule is COC(=O)C1CN(C)CCN1c1ccc(Cl)c(OC)c1. The van der Waals surface area contributed by atoms with E-state index in [0.717, 1.165) is 18.8 Å². The molecule has 1 saturated heterocycles. The van der Waals surface area contributed by atoms with Gasteiger partial charge in [0.25, 0.3) is 0 Å². The first kappa shape index (κ1) is 14.9. The van der Waals surface area contributed by atoms with E-state index in [-0.39, 0.29) is 12.0 Å². The maximum atomic E-state index is 12.0. The minimum atomic E-state index is -0.315. The number of benzene rings is 1. The number of rotatable bonds is 3. The van der Waals surface area contributed by atoms with Crippen LogP contribution in [0, 0.1) is 0 Å². The van der Waals surface area contributed by atoms with Gasteiger partial charge < -0.3 is 19.3 Å². The van der Waals surface area contributed by atoms with Crippen molar-refractivity contribution in [2.75, 3.05) is 45.8 Å². The minimum absolute atomic E-state index is 0.231. The number of hydrogen-bond donors (Lipinski definition) is 0. The molecule has 0 amide bonds. The number of anilines is 1. The standard InChI is InChI=1S/C14H19ClN2O3/c1-16-6-7-17(12(9-16)14(18)20-3)10-4-5-11(15)13(8-10)19-2/h4-5,8,12H,6-7,9H2,1-3H3. The van der Waals surface area contributed by atoms with Gasteiger partial charge in [0, 0.05) is 31.4 Å². The van der Waals surface area contributed by atoms with Crippen LogP contribution in [0.15, 0.2) is 18.2 Å². The second-order valence-corrected chi connectivity index (χ2v) is 5.22. The molecule has 0 spiro atoms. The van der Waals surface area contributed by atoms with Gasteiger partial charge in [-0.25, -0.2) is 4.79 Å². The predicted octanol–water partition coefficient (Wildman–Crippen LogP) is 1.64. The number of halogens is 1. The molecular weight excluding hydrogens is 280 g/mol. The summed E-state index contributed by atoms with van der Waals surface area (Å²) in [6.07, 6.45) is 0. The summed E-state index contributed by atoms with van der Waals surface area (Å²) < 4.78 is 10.1. The van der Waals surface area contributed by atoms with Gasteiger partial charge >= 0.3 is 5.97 Å². The summed E-state index contributed by atoms with van der Waals surface area (Å²) in [5, 5.41) is 0.556. The molecule has 1 aliphatic rings. The van der Waals surface area contributed by atoms with Crippen molar-refractivity contribution >= 4 is 23.3 Å². The smallest absolute Gasteiger partial charge is 0.329 e. The third kappa shape index (κ3) is 2.99. The largest absolute Gasteiger partial charge is 0.495 e.